The monoisotopic (exact) mass is 297 g/mol. The highest BCUT2D eigenvalue weighted by molar-refractivity contribution is 6.15. The molecule has 0 saturated heterocycles. The lowest BCUT2D eigenvalue weighted by Gasteiger charge is -2.09. The van der Waals surface area contributed by atoms with Gasteiger partial charge in [0.25, 0.3) is 0 Å². The largest absolute Gasteiger partial charge is 0.316 e. The summed E-state index contributed by atoms with van der Waals surface area (Å²) in [4.78, 5) is 17.1. The first-order chi connectivity index (χ1) is 11.3. The topological polar surface area (TPSA) is 58.2 Å². The number of benzene rings is 1. The molecule has 0 radical (unpaired) electrons. The number of hydrogen-bond acceptors (Lipinski definition) is 3. The minimum atomic E-state index is -0.186. The van der Waals surface area contributed by atoms with Crippen LogP contribution in [0.25, 0.3) is 16.4 Å². The molecule has 0 amide bonds. The Hall–Kier alpha value is -3.45. The number of nitriles is 1. The molecule has 4 rings (SSSR count). The van der Waals surface area contributed by atoms with Crippen LogP contribution in [0.3, 0.4) is 0 Å². The fraction of sp³-hybridized carbons (Fsp3) is 0. The minimum Gasteiger partial charge on any atom is -0.316 e. The molecule has 0 atom stereocenters. The zero-order valence-electron chi connectivity index (χ0n) is 12.1. The van der Waals surface area contributed by atoms with E-state index in [2.05, 4.69) is 11.1 Å². The van der Waals surface area contributed by atoms with Gasteiger partial charge in [-0.15, -0.1) is 0 Å². The second kappa shape index (κ2) is 5.08. The molecule has 23 heavy (non-hydrogen) atoms. The Balaban J connectivity index is 2.09. The predicted molar refractivity (Wildman–Crippen MR) is 87.3 cm³/mol. The van der Waals surface area contributed by atoms with Crippen LogP contribution in [0, 0.1) is 11.3 Å². The molecule has 0 aliphatic heterocycles. The van der Waals surface area contributed by atoms with Crippen LogP contribution in [0.15, 0.2) is 67.0 Å². The Bertz CT molecular complexity index is 1090. The van der Waals surface area contributed by atoms with Crippen LogP contribution in [0.2, 0.25) is 0 Å². The van der Waals surface area contributed by atoms with Gasteiger partial charge in [0.1, 0.15) is 5.69 Å². The van der Waals surface area contributed by atoms with Gasteiger partial charge in [-0.25, -0.2) is 0 Å². The average molecular weight is 297 g/mol. The molecule has 0 unspecified atom stereocenters. The van der Waals surface area contributed by atoms with Crippen LogP contribution >= 0.6 is 0 Å². The van der Waals surface area contributed by atoms with E-state index in [1.54, 1.807) is 36.5 Å². The fourth-order valence-corrected chi connectivity index (χ4v) is 2.83. The Morgan fingerprint density at radius 3 is 2.78 bits per heavy atom. The highest BCUT2D eigenvalue weighted by Gasteiger charge is 2.17. The summed E-state index contributed by atoms with van der Waals surface area (Å²) in [5.41, 5.74) is 3.11. The summed E-state index contributed by atoms with van der Waals surface area (Å²) >= 11 is 0. The predicted octanol–water partition coefficient (Wildman–Crippen LogP) is 3.59. The quantitative estimate of drug-likeness (QED) is 0.531. The molecule has 0 aliphatic carbocycles. The van der Waals surface area contributed by atoms with E-state index in [1.807, 2.05) is 34.9 Å². The summed E-state index contributed by atoms with van der Waals surface area (Å²) in [5, 5.41) is 10.1. The van der Waals surface area contributed by atoms with E-state index in [0.29, 0.717) is 16.8 Å². The van der Waals surface area contributed by atoms with Crippen molar-refractivity contribution in [1.29, 1.82) is 5.26 Å². The molecule has 0 bridgehead atoms. The van der Waals surface area contributed by atoms with Crippen molar-refractivity contribution in [2.24, 2.45) is 0 Å². The van der Waals surface area contributed by atoms with Gasteiger partial charge in [-0.3, -0.25) is 9.78 Å². The van der Waals surface area contributed by atoms with Crippen molar-refractivity contribution in [3.63, 3.8) is 0 Å². The zero-order chi connectivity index (χ0) is 15.8. The van der Waals surface area contributed by atoms with Crippen molar-refractivity contribution < 1.29 is 4.79 Å². The lowest BCUT2D eigenvalue weighted by Crippen LogP contribution is -2.07. The number of nitrogens with zero attached hydrogens (tertiary/aromatic N) is 3. The number of rotatable bonds is 2. The first-order valence-corrected chi connectivity index (χ1v) is 7.17. The van der Waals surface area contributed by atoms with E-state index >= 15 is 0 Å². The third kappa shape index (κ3) is 2.07. The van der Waals surface area contributed by atoms with Gasteiger partial charge in [0.15, 0.2) is 0 Å². The zero-order valence-corrected chi connectivity index (χ0v) is 12.1. The van der Waals surface area contributed by atoms with Crippen molar-refractivity contribution in [2.45, 2.75) is 0 Å². The van der Waals surface area contributed by atoms with E-state index in [9.17, 15) is 10.1 Å². The first kappa shape index (κ1) is 13.2. The summed E-state index contributed by atoms with van der Waals surface area (Å²) in [5.74, 6) is -0.186. The maximum atomic E-state index is 12.9. The van der Waals surface area contributed by atoms with Gasteiger partial charge in [-0.2, -0.15) is 5.26 Å². The summed E-state index contributed by atoms with van der Waals surface area (Å²) < 4.78 is 1.96. The third-order valence-electron chi connectivity index (χ3n) is 3.87. The van der Waals surface area contributed by atoms with Crippen molar-refractivity contribution in [1.82, 2.24) is 9.38 Å². The molecular formula is C19H11N3O. The van der Waals surface area contributed by atoms with E-state index in [-0.39, 0.29) is 5.78 Å². The number of carbonyl (C=O) groups excluding carboxylic acids is 1. The number of carbonyl (C=O) groups is 1. The normalized spacial score (nSPS) is 10.7. The van der Waals surface area contributed by atoms with Crippen LogP contribution in [0.1, 0.15) is 21.6 Å². The molecule has 3 aromatic heterocycles. The number of hydrogen-bond donors (Lipinski definition) is 0. The maximum Gasteiger partial charge on any atom is 0.213 e. The van der Waals surface area contributed by atoms with E-state index < -0.39 is 0 Å². The molecule has 0 aliphatic rings. The summed E-state index contributed by atoms with van der Waals surface area (Å²) in [6.45, 7) is 0. The lowest BCUT2D eigenvalue weighted by atomic mass is 10.00. The van der Waals surface area contributed by atoms with Crippen LogP contribution in [-0.4, -0.2) is 15.2 Å². The van der Waals surface area contributed by atoms with Gasteiger partial charge in [0.2, 0.25) is 5.78 Å². The maximum absolute atomic E-state index is 12.9. The molecule has 0 spiro atoms. The number of fused-ring (bicyclic) bond motifs is 3. The van der Waals surface area contributed by atoms with E-state index in [0.717, 1.165) is 16.4 Å². The molecule has 4 aromatic rings. The molecule has 4 heteroatoms. The average Bonchev–Trinajstić information content (AvgIpc) is 3.09. The highest BCUT2D eigenvalue weighted by atomic mass is 16.1. The van der Waals surface area contributed by atoms with Gasteiger partial charge in [-0.1, -0.05) is 12.1 Å². The van der Waals surface area contributed by atoms with E-state index in [4.69, 9.17) is 0 Å². The lowest BCUT2D eigenvalue weighted by molar-refractivity contribution is 0.103. The smallest absolute Gasteiger partial charge is 0.213 e. The molecule has 3 heterocycles. The van der Waals surface area contributed by atoms with E-state index in [1.165, 1.54) is 0 Å². The molecule has 0 saturated carbocycles. The third-order valence-corrected chi connectivity index (χ3v) is 3.87. The molecule has 1 aromatic carbocycles. The van der Waals surface area contributed by atoms with Crippen molar-refractivity contribution in [3.8, 4) is 6.07 Å². The Morgan fingerprint density at radius 2 is 2.00 bits per heavy atom. The van der Waals surface area contributed by atoms with Crippen LogP contribution in [-0.2, 0) is 0 Å². The number of ketones is 1. The summed E-state index contributed by atoms with van der Waals surface area (Å²) in [6.07, 6.45) is 3.51. The molecule has 0 N–H and O–H groups in total. The molecule has 0 fully saturated rings. The summed E-state index contributed by atoms with van der Waals surface area (Å²) in [6, 6.07) is 18.6. The first-order valence-electron chi connectivity index (χ1n) is 7.17. The second-order valence-corrected chi connectivity index (χ2v) is 5.25. The van der Waals surface area contributed by atoms with Gasteiger partial charge >= 0.3 is 0 Å². The van der Waals surface area contributed by atoms with Crippen molar-refractivity contribution in [2.75, 3.05) is 0 Å². The number of aromatic nitrogens is 2. The van der Waals surface area contributed by atoms with Crippen molar-refractivity contribution >= 4 is 22.2 Å². The Kier molecular flexibility index (Phi) is 2.92. The fourth-order valence-electron chi connectivity index (χ4n) is 2.83. The SMILES string of the molecule is N#Cc1cc(C(=O)c2ccccn2)c2c(ccc3cccn32)c1. The molecular weight excluding hydrogens is 286 g/mol. The van der Waals surface area contributed by atoms with Gasteiger partial charge < -0.3 is 4.40 Å². The van der Waals surface area contributed by atoms with Gasteiger partial charge in [-0.05, 0) is 42.5 Å². The van der Waals surface area contributed by atoms with Crippen molar-refractivity contribution in [3.05, 3.63) is 83.8 Å². The van der Waals surface area contributed by atoms with Crippen LogP contribution in [0.5, 0.6) is 0 Å². The molecule has 108 valence electrons. The molecule has 4 nitrogen and oxygen atoms in total. The Morgan fingerprint density at radius 1 is 1.09 bits per heavy atom. The second-order valence-electron chi connectivity index (χ2n) is 5.25. The highest BCUT2D eigenvalue weighted by Crippen LogP contribution is 2.25. The standard InChI is InChI=1S/C19H11N3O/c20-12-13-10-14-6-7-15-4-3-9-22(15)18(14)16(11-13)19(23)17-5-1-2-8-21-17/h1-11H. The van der Waals surface area contributed by atoms with Gasteiger partial charge in [0, 0.05) is 23.3 Å². The van der Waals surface area contributed by atoms with Crippen LogP contribution < -0.4 is 0 Å². The van der Waals surface area contributed by atoms with Gasteiger partial charge in [0.05, 0.1) is 22.7 Å². The Labute approximate surface area is 132 Å². The summed E-state index contributed by atoms with van der Waals surface area (Å²) in [7, 11) is 0. The minimum absolute atomic E-state index is 0.186. The van der Waals surface area contributed by atoms with Crippen LogP contribution in [0.4, 0.5) is 0 Å². The number of pyridine rings is 2.